The molecule has 1 aromatic rings. The molecule has 0 saturated heterocycles. The van der Waals surface area contributed by atoms with Crippen molar-refractivity contribution in [2.45, 2.75) is 26.9 Å². The minimum atomic E-state index is 0.297. The van der Waals surface area contributed by atoms with Crippen molar-refractivity contribution in [1.82, 2.24) is 4.90 Å². The Morgan fingerprint density at radius 2 is 1.87 bits per heavy atom. The lowest BCUT2D eigenvalue weighted by Crippen LogP contribution is -2.36. The topological polar surface area (TPSA) is 18.8 Å². The first-order chi connectivity index (χ1) is 7.11. The number of hydrogen-bond donors (Lipinski definition) is 0. The van der Waals surface area contributed by atoms with Gasteiger partial charge in [0.25, 0.3) is 0 Å². The first kappa shape index (κ1) is 10.0. The van der Waals surface area contributed by atoms with Crippen molar-refractivity contribution < 1.29 is 0 Å². The molecule has 1 aliphatic rings. The van der Waals surface area contributed by atoms with Crippen LogP contribution in [0.5, 0.6) is 0 Å². The second-order valence-corrected chi connectivity index (χ2v) is 4.02. The molecule has 3 heteroatoms. The van der Waals surface area contributed by atoms with Crippen molar-refractivity contribution in [3.05, 3.63) is 29.8 Å². The minimum Gasteiger partial charge on any atom is -0.340 e. The number of benzene rings is 1. The molecule has 2 rings (SSSR count). The second-order valence-electron chi connectivity index (χ2n) is 4.02. The van der Waals surface area contributed by atoms with E-state index in [9.17, 15) is 0 Å². The summed E-state index contributed by atoms with van der Waals surface area (Å²) in [6, 6.07) is 8.34. The molecule has 0 fully saturated rings. The summed E-state index contributed by atoms with van der Waals surface area (Å²) in [7, 11) is 2.07. The molecule has 3 nitrogen and oxygen atoms in total. The standard InChI is InChI=1S/C12H17N3/c1-9-7-5-6-8-12(9)15-11(3)14(4)10(2)13-15/h5-8,11H,1-4H3. The molecule has 1 heterocycles. The molecule has 1 unspecified atom stereocenters. The number of anilines is 1. The van der Waals surface area contributed by atoms with E-state index in [2.05, 4.69) is 60.2 Å². The maximum absolute atomic E-state index is 4.56. The predicted molar refractivity (Wildman–Crippen MR) is 64.0 cm³/mol. The van der Waals surface area contributed by atoms with E-state index in [1.165, 1.54) is 11.3 Å². The normalized spacial score (nSPS) is 20.8. The van der Waals surface area contributed by atoms with Crippen LogP contribution in [0.3, 0.4) is 0 Å². The van der Waals surface area contributed by atoms with E-state index in [1.807, 2.05) is 6.92 Å². The minimum absolute atomic E-state index is 0.297. The summed E-state index contributed by atoms with van der Waals surface area (Å²) in [5.74, 6) is 1.06. The first-order valence-corrected chi connectivity index (χ1v) is 5.24. The number of amidine groups is 1. The highest BCUT2D eigenvalue weighted by Crippen LogP contribution is 2.26. The SMILES string of the molecule is CC1=NN(c2ccccc2C)C(C)N1C. The second kappa shape index (κ2) is 3.57. The lowest BCUT2D eigenvalue weighted by Gasteiger charge is -2.26. The molecule has 1 aliphatic heterocycles. The fourth-order valence-electron chi connectivity index (χ4n) is 1.82. The van der Waals surface area contributed by atoms with Crippen LogP contribution >= 0.6 is 0 Å². The van der Waals surface area contributed by atoms with E-state index in [1.54, 1.807) is 0 Å². The summed E-state index contributed by atoms with van der Waals surface area (Å²) >= 11 is 0. The molecule has 0 bridgehead atoms. The fraction of sp³-hybridized carbons (Fsp3) is 0.417. The number of hydrazone groups is 1. The van der Waals surface area contributed by atoms with E-state index in [0.29, 0.717) is 6.17 Å². The summed E-state index contributed by atoms with van der Waals surface area (Å²) in [6.07, 6.45) is 0.297. The third kappa shape index (κ3) is 1.58. The lowest BCUT2D eigenvalue weighted by molar-refractivity contribution is 0.411. The van der Waals surface area contributed by atoms with Gasteiger partial charge in [0.1, 0.15) is 12.0 Å². The monoisotopic (exact) mass is 203 g/mol. The molecular formula is C12H17N3. The third-order valence-electron chi connectivity index (χ3n) is 3.04. The number of aryl methyl sites for hydroxylation is 1. The molecule has 0 amide bonds. The van der Waals surface area contributed by atoms with Crippen LogP contribution in [0.2, 0.25) is 0 Å². The van der Waals surface area contributed by atoms with E-state index >= 15 is 0 Å². The smallest absolute Gasteiger partial charge is 0.123 e. The molecule has 0 aromatic heterocycles. The Bertz CT molecular complexity index is 398. The Morgan fingerprint density at radius 3 is 2.40 bits per heavy atom. The first-order valence-electron chi connectivity index (χ1n) is 5.24. The van der Waals surface area contributed by atoms with Gasteiger partial charge in [0.2, 0.25) is 0 Å². The summed E-state index contributed by atoms with van der Waals surface area (Å²) in [5, 5.41) is 6.63. The number of para-hydroxylation sites is 1. The molecule has 0 aliphatic carbocycles. The summed E-state index contributed by atoms with van der Waals surface area (Å²) in [6.45, 7) is 6.31. The molecule has 0 saturated carbocycles. The van der Waals surface area contributed by atoms with Gasteiger partial charge in [-0.05, 0) is 32.4 Å². The number of nitrogens with zero attached hydrogens (tertiary/aromatic N) is 3. The molecule has 0 spiro atoms. The summed E-state index contributed by atoms with van der Waals surface area (Å²) in [4.78, 5) is 2.17. The zero-order valence-electron chi connectivity index (χ0n) is 9.73. The number of rotatable bonds is 1. The van der Waals surface area contributed by atoms with Crippen molar-refractivity contribution in [3.63, 3.8) is 0 Å². The zero-order chi connectivity index (χ0) is 11.0. The maximum Gasteiger partial charge on any atom is 0.123 e. The van der Waals surface area contributed by atoms with Crippen molar-refractivity contribution in [2.75, 3.05) is 12.1 Å². The molecule has 1 aromatic carbocycles. The Kier molecular flexibility index (Phi) is 2.39. The van der Waals surface area contributed by atoms with Gasteiger partial charge in [0.05, 0.1) is 5.69 Å². The van der Waals surface area contributed by atoms with Gasteiger partial charge in [-0.2, -0.15) is 5.10 Å². The third-order valence-corrected chi connectivity index (χ3v) is 3.04. The van der Waals surface area contributed by atoms with E-state index in [0.717, 1.165) is 5.84 Å². The Labute approximate surface area is 91.0 Å². The average Bonchev–Trinajstić information content (AvgIpc) is 2.47. The van der Waals surface area contributed by atoms with Crippen molar-refractivity contribution in [1.29, 1.82) is 0 Å². The van der Waals surface area contributed by atoms with Crippen molar-refractivity contribution in [2.24, 2.45) is 5.10 Å². The van der Waals surface area contributed by atoms with Crippen LogP contribution in [-0.2, 0) is 0 Å². The van der Waals surface area contributed by atoms with Crippen LogP contribution in [0, 0.1) is 6.92 Å². The molecule has 0 N–H and O–H groups in total. The van der Waals surface area contributed by atoms with Crippen LogP contribution in [0.15, 0.2) is 29.4 Å². The van der Waals surface area contributed by atoms with Gasteiger partial charge in [-0.15, -0.1) is 0 Å². The molecular weight excluding hydrogens is 186 g/mol. The summed E-state index contributed by atoms with van der Waals surface area (Å²) < 4.78 is 0. The zero-order valence-corrected chi connectivity index (χ0v) is 9.73. The molecule has 0 radical (unpaired) electrons. The molecule has 15 heavy (non-hydrogen) atoms. The van der Waals surface area contributed by atoms with Crippen LogP contribution in [0.1, 0.15) is 19.4 Å². The maximum atomic E-state index is 4.56. The van der Waals surface area contributed by atoms with Gasteiger partial charge in [-0.25, -0.2) is 5.01 Å². The Hall–Kier alpha value is -1.51. The van der Waals surface area contributed by atoms with E-state index in [4.69, 9.17) is 0 Å². The van der Waals surface area contributed by atoms with Crippen molar-refractivity contribution in [3.8, 4) is 0 Å². The number of hydrogen-bond acceptors (Lipinski definition) is 3. The van der Waals surface area contributed by atoms with Gasteiger partial charge in [0, 0.05) is 7.05 Å². The Balaban J connectivity index is 2.38. The predicted octanol–water partition coefficient (Wildman–Crippen LogP) is 2.43. The van der Waals surface area contributed by atoms with Gasteiger partial charge >= 0.3 is 0 Å². The fourth-order valence-corrected chi connectivity index (χ4v) is 1.82. The van der Waals surface area contributed by atoms with Crippen LogP contribution in [0.4, 0.5) is 5.69 Å². The van der Waals surface area contributed by atoms with Gasteiger partial charge < -0.3 is 4.90 Å². The van der Waals surface area contributed by atoms with Gasteiger partial charge in [-0.3, -0.25) is 0 Å². The van der Waals surface area contributed by atoms with E-state index < -0.39 is 0 Å². The highest BCUT2D eigenvalue weighted by atomic mass is 15.6. The largest absolute Gasteiger partial charge is 0.340 e. The average molecular weight is 203 g/mol. The molecule has 80 valence electrons. The molecule has 1 atom stereocenters. The highest BCUT2D eigenvalue weighted by Gasteiger charge is 2.26. The lowest BCUT2D eigenvalue weighted by atomic mass is 10.2. The van der Waals surface area contributed by atoms with E-state index in [-0.39, 0.29) is 0 Å². The van der Waals surface area contributed by atoms with Gasteiger partial charge in [-0.1, -0.05) is 18.2 Å². The van der Waals surface area contributed by atoms with Gasteiger partial charge in [0.15, 0.2) is 0 Å². The van der Waals surface area contributed by atoms with Crippen LogP contribution < -0.4 is 5.01 Å². The van der Waals surface area contributed by atoms with Crippen molar-refractivity contribution >= 4 is 11.5 Å². The highest BCUT2D eigenvalue weighted by molar-refractivity contribution is 5.83. The summed E-state index contributed by atoms with van der Waals surface area (Å²) in [5.41, 5.74) is 2.45. The van der Waals surface area contributed by atoms with Crippen LogP contribution in [0.25, 0.3) is 0 Å². The Morgan fingerprint density at radius 1 is 1.20 bits per heavy atom. The van der Waals surface area contributed by atoms with Crippen LogP contribution in [-0.4, -0.2) is 23.9 Å². The quantitative estimate of drug-likeness (QED) is 0.698.